The number of Topliss-reactive ketones (excluding diaryl/α,β-unsaturated/α-hetero) is 1. The van der Waals surface area contributed by atoms with Gasteiger partial charge >= 0.3 is 0 Å². The van der Waals surface area contributed by atoms with Gasteiger partial charge < -0.3 is 9.77 Å². The fraction of sp³-hybridized carbons (Fsp3) is 0.476. The highest BCUT2D eigenvalue weighted by Gasteiger charge is 2.18. The molecule has 0 amide bonds. The molecule has 2 aromatic heterocycles. The average Bonchev–Trinajstić information content (AvgIpc) is 2.92. The van der Waals surface area contributed by atoms with Crippen molar-refractivity contribution in [3.63, 3.8) is 0 Å². The first kappa shape index (κ1) is 18.4. The summed E-state index contributed by atoms with van der Waals surface area (Å²) < 4.78 is 3.11. The van der Waals surface area contributed by atoms with Gasteiger partial charge in [-0.15, -0.1) is 0 Å². The zero-order valence-corrected chi connectivity index (χ0v) is 15.9. The number of aromatic nitrogens is 3. The Balaban J connectivity index is 1.98. The smallest absolute Gasteiger partial charge is 0.226 e. The molecule has 5 heteroatoms. The largest absolute Gasteiger partial charge is 0.618 e. The fourth-order valence-electron chi connectivity index (χ4n) is 3.59. The highest BCUT2D eigenvalue weighted by atomic mass is 16.5. The third-order valence-corrected chi connectivity index (χ3v) is 4.66. The van der Waals surface area contributed by atoms with Crippen LogP contribution in [0.15, 0.2) is 30.5 Å². The quantitative estimate of drug-likeness (QED) is 0.451. The highest BCUT2D eigenvalue weighted by Crippen LogP contribution is 2.25. The second kappa shape index (κ2) is 7.85. The minimum absolute atomic E-state index is 0.323. The summed E-state index contributed by atoms with van der Waals surface area (Å²) in [5.74, 6) is 1.72. The first-order valence-corrected chi connectivity index (χ1v) is 9.53. The summed E-state index contributed by atoms with van der Waals surface area (Å²) >= 11 is 0. The molecule has 3 aromatic rings. The molecule has 0 N–H and O–H groups in total. The van der Waals surface area contributed by atoms with Gasteiger partial charge in [-0.05, 0) is 24.8 Å². The number of aryl methyl sites for hydroxylation is 2. The Labute approximate surface area is 154 Å². The Kier molecular flexibility index (Phi) is 5.55. The molecule has 26 heavy (non-hydrogen) atoms. The Morgan fingerprint density at radius 2 is 2.08 bits per heavy atom. The molecule has 0 fully saturated rings. The zero-order valence-electron chi connectivity index (χ0n) is 15.9. The van der Waals surface area contributed by atoms with Crippen LogP contribution < -0.4 is 4.73 Å². The second-order valence-electron chi connectivity index (χ2n) is 7.38. The van der Waals surface area contributed by atoms with Crippen LogP contribution in [0.2, 0.25) is 0 Å². The average molecular weight is 353 g/mol. The molecule has 3 rings (SSSR count). The van der Waals surface area contributed by atoms with E-state index in [1.165, 1.54) is 0 Å². The molecule has 0 bridgehead atoms. The van der Waals surface area contributed by atoms with Crippen molar-refractivity contribution in [3.05, 3.63) is 41.5 Å². The van der Waals surface area contributed by atoms with E-state index in [4.69, 9.17) is 4.98 Å². The van der Waals surface area contributed by atoms with Crippen molar-refractivity contribution in [1.82, 2.24) is 9.55 Å². The van der Waals surface area contributed by atoms with Gasteiger partial charge in [-0.1, -0.05) is 32.9 Å². The van der Waals surface area contributed by atoms with Crippen molar-refractivity contribution < 1.29 is 9.52 Å². The summed E-state index contributed by atoms with van der Waals surface area (Å²) in [4.78, 5) is 16.8. The molecule has 2 heterocycles. The van der Waals surface area contributed by atoms with Crippen LogP contribution in [0.1, 0.15) is 52.3 Å². The Morgan fingerprint density at radius 1 is 1.31 bits per heavy atom. The van der Waals surface area contributed by atoms with Crippen molar-refractivity contribution in [1.29, 1.82) is 0 Å². The van der Waals surface area contributed by atoms with Crippen LogP contribution in [0.5, 0.6) is 0 Å². The zero-order chi connectivity index (χ0) is 18.7. The molecule has 0 aliphatic heterocycles. The van der Waals surface area contributed by atoms with E-state index in [1.54, 1.807) is 6.20 Å². The lowest BCUT2D eigenvalue weighted by Crippen LogP contribution is -2.26. The van der Waals surface area contributed by atoms with E-state index < -0.39 is 0 Å². The van der Waals surface area contributed by atoms with Crippen LogP contribution >= 0.6 is 0 Å². The minimum atomic E-state index is 0.323. The summed E-state index contributed by atoms with van der Waals surface area (Å²) in [5, 5.41) is 13.2. The van der Waals surface area contributed by atoms with Gasteiger partial charge in [0, 0.05) is 31.9 Å². The van der Waals surface area contributed by atoms with Crippen molar-refractivity contribution in [2.45, 2.75) is 59.4 Å². The van der Waals surface area contributed by atoms with Gasteiger partial charge in [0.25, 0.3) is 0 Å². The standard InChI is InChI=1S/C21H27N3O2/c1-4-8-20-22-18-14-24(26)19-11-6-5-10-17(19)21(18)23(20)12-7-9-16(25)13-15(2)3/h5-6,10-11,14-15H,4,7-9,12-13H2,1-3H3. The van der Waals surface area contributed by atoms with Gasteiger partial charge in [0.2, 0.25) is 11.7 Å². The maximum Gasteiger partial charge on any atom is 0.226 e. The van der Waals surface area contributed by atoms with Crippen molar-refractivity contribution in [2.24, 2.45) is 5.92 Å². The number of carbonyl (C=O) groups excluding carboxylic acids is 1. The second-order valence-corrected chi connectivity index (χ2v) is 7.38. The van der Waals surface area contributed by atoms with Crippen LogP contribution in [-0.2, 0) is 17.8 Å². The molecule has 0 saturated heterocycles. The lowest BCUT2D eigenvalue weighted by molar-refractivity contribution is -0.575. The molecule has 0 radical (unpaired) electrons. The van der Waals surface area contributed by atoms with E-state index in [1.807, 2.05) is 24.3 Å². The summed E-state index contributed by atoms with van der Waals surface area (Å²) in [6.45, 7) is 7.03. The van der Waals surface area contributed by atoms with Gasteiger partial charge in [0.15, 0.2) is 5.52 Å². The Hall–Kier alpha value is -2.43. The van der Waals surface area contributed by atoms with Crippen LogP contribution in [0.3, 0.4) is 0 Å². The number of pyridine rings is 1. The number of fused-ring (bicyclic) bond motifs is 3. The van der Waals surface area contributed by atoms with Gasteiger partial charge in [-0.25, -0.2) is 4.98 Å². The molecule has 0 aliphatic rings. The maximum atomic E-state index is 12.3. The number of benzene rings is 1. The molecule has 0 saturated carbocycles. The minimum Gasteiger partial charge on any atom is -0.618 e. The van der Waals surface area contributed by atoms with Crippen LogP contribution in [0, 0.1) is 11.1 Å². The van der Waals surface area contributed by atoms with E-state index in [9.17, 15) is 10.0 Å². The number of hydrogen-bond donors (Lipinski definition) is 0. The number of para-hydroxylation sites is 1. The molecule has 0 unspecified atom stereocenters. The normalized spacial score (nSPS) is 11.7. The molecule has 5 nitrogen and oxygen atoms in total. The number of carbonyl (C=O) groups is 1. The number of hydrogen-bond acceptors (Lipinski definition) is 3. The summed E-state index contributed by atoms with van der Waals surface area (Å²) in [5.41, 5.74) is 2.39. The first-order valence-electron chi connectivity index (χ1n) is 9.53. The summed E-state index contributed by atoms with van der Waals surface area (Å²) in [6.07, 6.45) is 5.46. The van der Waals surface area contributed by atoms with Gasteiger partial charge in [-0.3, -0.25) is 4.79 Å². The molecule has 138 valence electrons. The van der Waals surface area contributed by atoms with Crippen LogP contribution in [0.25, 0.3) is 21.9 Å². The number of rotatable bonds is 8. The number of ketones is 1. The predicted octanol–water partition coefficient (Wildman–Crippen LogP) is 4.17. The van der Waals surface area contributed by atoms with Crippen LogP contribution in [-0.4, -0.2) is 15.3 Å². The third-order valence-electron chi connectivity index (χ3n) is 4.66. The lowest BCUT2D eigenvalue weighted by atomic mass is 10.0. The summed E-state index contributed by atoms with van der Waals surface area (Å²) in [7, 11) is 0. The summed E-state index contributed by atoms with van der Waals surface area (Å²) in [6, 6.07) is 7.64. The van der Waals surface area contributed by atoms with E-state index in [2.05, 4.69) is 25.3 Å². The molecule has 1 aromatic carbocycles. The van der Waals surface area contributed by atoms with Gasteiger partial charge in [0.05, 0.1) is 10.9 Å². The SMILES string of the molecule is CCCc1nc2c[n+]([O-])c3ccccc3c2n1CCCC(=O)CC(C)C. The number of imidazole rings is 1. The van der Waals surface area contributed by atoms with Crippen molar-refractivity contribution in [2.75, 3.05) is 0 Å². The molecule has 0 aliphatic carbocycles. The Morgan fingerprint density at radius 3 is 2.81 bits per heavy atom. The van der Waals surface area contributed by atoms with E-state index in [-0.39, 0.29) is 0 Å². The van der Waals surface area contributed by atoms with Crippen molar-refractivity contribution >= 4 is 27.7 Å². The Bertz CT molecular complexity index is 928. The topological polar surface area (TPSA) is 61.8 Å². The van der Waals surface area contributed by atoms with E-state index >= 15 is 0 Å². The van der Waals surface area contributed by atoms with E-state index in [0.717, 1.165) is 52.8 Å². The van der Waals surface area contributed by atoms with Gasteiger partial charge in [0.1, 0.15) is 11.6 Å². The monoisotopic (exact) mass is 353 g/mol. The molecule has 0 atom stereocenters. The number of nitrogens with zero attached hydrogens (tertiary/aromatic N) is 3. The molecular weight excluding hydrogens is 326 g/mol. The molecule has 0 spiro atoms. The lowest BCUT2D eigenvalue weighted by Gasteiger charge is -2.10. The highest BCUT2D eigenvalue weighted by molar-refractivity contribution is 6.00. The fourth-order valence-corrected chi connectivity index (χ4v) is 3.59. The third kappa shape index (κ3) is 3.71. The molecular formula is C21H27N3O2. The first-order chi connectivity index (χ1) is 12.5. The van der Waals surface area contributed by atoms with Crippen molar-refractivity contribution in [3.8, 4) is 0 Å². The van der Waals surface area contributed by atoms with E-state index in [0.29, 0.717) is 30.1 Å². The van der Waals surface area contributed by atoms with Gasteiger partial charge in [-0.2, -0.15) is 4.73 Å². The van der Waals surface area contributed by atoms with Crippen LogP contribution in [0.4, 0.5) is 0 Å². The maximum absolute atomic E-state index is 12.3. The predicted molar refractivity (Wildman–Crippen MR) is 104 cm³/mol.